The highest BCUT2D eigenvalue weighted by Crippen LogP contribution is 2.19. The standard InChI is InChI=1S/C9H14O2/c1-5-7(4)8(6(2)3)9(10)11/h5,7-8H,1-2H2,3-4H3,(H,10,11). The van der Waals surface area contributed by atoms with E-state index in [0.29, 0.717) is 5.57 Å². The normalized spacial score (nSPS) is 15.1. The summed E-state index contributed by atoms with van der Waals surface area (Å²) in [4.78, 5) is 10.6. The molecule has 2 heteroatoms. The van der Waals surface area contributed by atoms with Crippen molar-refractivity contribution in [2.45, 2.75) is 13.8 Å². The Hall–Kier alpha value is -1.05. The van der Waals surface area contributed by atoms with Crippen molar-refractivity contribution in [1.82, 2.24) is 0 Å². The maximum atomic E-state index is 10.6. The number of hydrogen-bond donors (Lipinski definition) is 1. The summed E-state index contributed by atoms with van der Waals surface area (Å²) in [6, 6.07) is 0. The van der Waals surface area contributed by atoms with Crippen LogP contribution in [0.25, 0.3) is 0 Å². The Bertz CT molecular complexity index is 168. The number of carbonyl (C=O) groups is 1. The molecule has 0 aromatic carbocycles. The van der Waals surface area contributed by atoms with E-state index in [1.165, 1.54) is 0 Å². The van der Waals surface area contributed by atoms with Crippen molar-refractivity contribution in [3.05, 3.63) is 24.8 Å². The van der Waals surface area contributed by atoms with E-state index in [0.717, 1.165) is 0 Å². The van der Waals surface area contributed by atoms with Crippen LogP contribution in [0, 0.1) is 11.8 Å². The summed E-state index contributed by atoms with van der Waals surface area (Å²) >= 11 is 0. The van der Waals surface area contributed by atoms with E-state index in [-0.39, 0.29) is 5.92 Å². The number of carboxylic acids is 1. The Morgan fingerprint density at radius 3 is 2.18 bits per heavy atom. The molecule has 1 N–H and O–H groups in total. The van der Waals surface area contributed by atoms with E-state index in [2.05, 4.69) is 13.2 Å². The molecule has 2 atom stereocenters. The van der Waals surface area contributed by atoms with Crippen molar-refractivity contribution < 1.29 is 9.90 Å². The first-order valence-corrected chi connectivity index (χ1v) is 3.51. The molecule has 0 aliphatic rings. The molecular weight excluding hydrogens is 140 g/mol. The summed E-state index contributed by atoms with van der Waals surface area (Å²) < 4.78 is 0. The number of allylic oxidation sites excluding steroid dienone is 1. The molecule has 0 bridgehead atoms. The van der Waals surface area contributed by atoms with Crippen molar-refractivity contribution in [3.8, 4) is 0 Å². The van der Waals surface area contributed by atoms with Gasteiger partial charge in [-0.3, -0.25) is 4.79 Å². The Morgan fingerprint density at radius 2 is 2.09 bits per heavy atom. The molecule has 62 valence electrons. The van der Waals surface area contributed by atoms with Crippen LogP contribution >= 0.6 is 0 Å². The molecule has 11 heavy (non-hydrogen) atoms. The third-order valence-electron chi connectivity index (χ3n) is 1.69. The summed E-state index contributed by atoms with van der Waals surface area (Å²) in [5.74, 6) is -1.37. The van der Waals surface area contributed by atoms with Gasteiger partial charge in [-0.25, -0.2) is 0 Å². The first kappa shape index (κ1) is 9.95. The topological polar surface area (TPSA) is 37.3 Å². The van der Waals surface area contributed by atoms with Crippen molar-refractivity contribution in [2.75, 3.05) is 0 Å². The van der Waals surface area contributed by atoms with Crippen LogP contribution in [0.4, 0.5) is 0 Å². The fourth-order valence-electron chi connectivity index (χ4n) is 1.02. The number of carboxylic acid groups (broad SMARTS) is 1. The van der Waals surface area contributed by atoms with Gasteiger partial charge < -0.3 is 5.11 Å². The highest BCUT2D eigenvalue weighted by molar-refractivity contribution is 5.73. The van der Waals surface area contributed by atoms with Gasteiger partial charge in [0.1, 0.15) is 0 Å². The van der Waals surface area contributed by atoms with E-state index in [4.69, 9.17) is 5.11 Å². The van der Waals surface area contributed by atoms with E-state index in [9.17, 15) is 4.79 Å². The Morgan fingerprint density at radius 1 is 1.64 bits per heavy atom. The summed E-state index contributed by atoms with van der Waals surface area (Å²) in [6.45, 7) is 10.7. The van der Waals surface area contributed by atoms with Crippen molar-refractivity contribution in [3.63, 3.8) is 0 Å². The van der Waals surface area contributed by atoms with Gasteiger partial charge in [-0.05, 0) is 12.8 Å². The molecule has 0 saturated carbocycles. The quantitative estimate of drug-likeness (QED) is 0.629. The molecule has 0 aliphatic carbocycles. The Labute approximate surface area is 67.2 Å². The molecule has 0 aromatic heterocycles. The lowest BCUT2D eigenvalue weighted by Crippen LogP contribution is -2.20. The number of rotatable bonds is 4. The fourth-order valence-corrected chi connectivity index (χ4v) is 1.02. The van der Waals surface area contributed by atoms with E-state index in [1.54, 1.807) is 13.0 Å². The molecule has 0 rings (SSSR count). The van der Waals surface area contributed by atoms with Crippen molar-refractivity contribution in [1.29, 1.82) is 0 Å². The minimum atomic E-state index is -0.829. The van der Waals surface area contributed by atoms with Crippen LogP contribution in [0.5, 0.6) is 0 Å². The van der Waals surface area contributed by atoms with E-state index >= 15 is 0 Å². The number of hydrogen-bond acceptors (Lipinski definition) is 1. The first-order chi connectivity index (χ1) is 5.00. The monoisotopic (exact) mass is 154 g/mol. The van der Waals surface area contributed by atoms with Crippen molar-refractivity contribution in [2.24, 2.45) is 11.8 Å². The maximum Gasteiger partial charge on any atom is 0.311 e. The minimum absolute atomic E-state index is 0.0509. The summed E-state index contributed by atoms with van der Waals surface area (Å²) in [5, 5.41) is 8.74. The van der Waals surface area contributed by atoms with Gasteiger partial charge >= 0.3 is 5.97 Å². The van der Waals surface area contributed by atoms with Gasteiger partial charge in [-0.15, -0.1) is 6.58 Å². The van der Waals surface area contributed by atoms with Crippen LogP contribution in [-0.4, -0.2) is 11.1 Å². The molecule has 0 aliphatic heterocycles. The first-order valence-electron chi connectivity index (χ1n) is 3.51. The van der Waals surface area contributed by atoms with Crippen LogP contribution in [0.2, 0.25) is 0 Å². The molecule has 2 nitrogen and oxygen atoms in total. The molecule has 0 radical (unpaired) electrons. The van der Waals surface area contributed by atoms with Gasteiger partial charge in [0.25, 0.3) is 0 Å². The molecule has 0 heterocycles. The van der Waals surface area contributed by atoms with Gasteiger partial charge in [0.05, 0.1) is 5.92 Å². The van der Waals surface area contributed by atoms with E-state index < -0.39 is 11.9 Å². The zero-order valence-corrected chi connectivity index (χ0v) is 7.00. The number of aliphatic carboxylic acids is 1. The van der Waals surface area contributed by atoms with Crippen LogP contribution in [-0.2, 0) is 4.79 Å². The Kier molecular flexibility index (Phi) is 3.58. The van der Waals surface area contributed by atoms with Gasteiger partial charge in [0, 0.05) is 0 Å². The van der Waals surface area contributed by atoms with Gasteiger partial charge in [-0.2, -0.15) is 0 Å². The average Bonchev–Trinajstić information content (AvgIpc) is 1.85. The molecule has 0 aromatic rings. The second-order valence-electron chi connectivity index (χ2n) is 2.76. The molecular formula is C9H14O2. The highest BCUT2D eigenvalue weighted by Gasteiger charge is 2.22. The second-order valence-corrected chi connectivity index (χ2v) is 2.76. The van der Waals surface area contributed by atoms with Gasteiger partial charge in [0.15, 0.2) is 0 Å². The summed E-state index contributed by atoms with van der Waals surface area (Å²) in [7, 11) is 0. The van der Waals surface area contributed by atoms with Crippen LogP contribution in [0.3, 0.4) is 0 Å². The minimum Gasteiger partial charge on any atom is -0.481 e. The fraction of sp³-hybridized carbons (Fsp3) is 0.444. The lowest BCUT2D eigenvalue weighted by molar-refractivity contribution is -0.141. The second kappa shape index (κ2) is 3.96. The smallest absolute Gasteiger partial charge is 0.311 e. The third kappa shape index (κ3) is 2.58. The maximum absolute atomic E-state index is 10.6. The molecule has 0 saturated heterocycles. The predicted molar refractivity (Wildman–Crippen MR) is 45.3 cm³/mol. The van der Waals surface area contributed by atoms with Crippen LogP contribution < -0.4 is 0 Å². The highest BCUT2D eigenvalue weighted by atomic mass is 16.4. The summed E-state index contributed by atoms with van der Waals surface area (Å²) in [5.41, 5.74) is 0.671. The predicted octanol–water partition coefficient (Wildman–Crippen LogP) is 2.09. The molecule has 2 unspecified atom stereocenters. The lowest BCUT2D eigenvalue weighted by Gasteiger charge is -2.16. The van der Waals surface area contributed by atoms with Gasteiger partial charge in [0.2, 0.25) is 0 Å². The SMILES string of the molecule is C=CC(C)C(C(=C)C)C(=O)O. The van der Waals surface area contributed by atoms with Crippen LogP contribution in [0.15, 0.2) is 24.8 Å². The average molecular weight is 154 g/mol. The zero-order valence-electron chi connectivity index (χ0n) is 7.00. The zero-order chi connectivity index (χ0) is 9.02. The van der Waals surface area contributed by atoms with E-state index in [1.807, 2.05) is 6.92 Å². The Balaban J connectivity index is 4.46. The molecule has 0 amide bonds. The van der Waals surface area contributed by atoms with Gasteiger partial charge in [-0.1, -0.05) is 25.2 Å². The summed E-state index contributed by atoms with van der Waals surface area (Å²) in [6.07, 6.45) is 1.63. The molecule has 0 spiro atoms. The third-order valence-corrected chi connectivity index (χ3v) is 1.69. The lowest BCUT2D eigenvalue weighted by atomic mass is 9.89. The van der Waals surface area contributed by atoms with Crippen LogP contribution in [0.1, 0.15) is 13.8 Å². The molecule has 0 fully saturated rings. The largest absolute Gasteiger partial charge is 0.481 e. The van der Waals surface area contributed by atoms with Crippen molar-refractivity contribution >= 4 is 5.97 Å².